The van der Waals surface area contributed by atoms with Crippen LogP contribution < -0.4 is 20.9 Å². The van der Waals surface area contributed by atoms with E-state index >= 15 is 0 Å². The molecule has 29 heavy (non-hydrogen) atoms. The first-order chi connectivity index (χ1) is 13.9. The van der Waals surface area contributed by atoms with Crippen LogP contribution in [-0.4, -0.2) is 30.1 Å². The third-order valence-corrected chi connectivity index (χ3v) is 4.32. The van der Waals surface area contributed by atoms with Gasteiger partial charge in [-0.25, -0.2) is 9.78 Å². The Morgan fingerprint density at radius 2 is 1.45 bits per heavy atom. The number of aromatic nitrogens is 2. The number of hydrogen-bond donors (Lipinski definition) is 3. The van der Waals surface area contributed by atoms with Gasteiger partial charge in [0.15, 0.2) is 0 Å². The molecule has 0 aliphatic rings. The van der Waals surface area contributed by atoms with Crippen LogP contribution in [0.5, 0.6) is 0 Å². The van der Waals surface area contributed by atoms with Crippen molar-refractivity contribution in [3.8, 4) is 0 Å². The van der Waals surface area contributed by atoms with Gasteiger partial charge in [0, 0.05) is 42.9 Å². The van der Waals surface area contributed by atoms with Crippen molar-refractivity contribution in [1.82, 2.24) is 9.97 Å². The molecule has 0 aliphatic carbocycles. The van der Waals surface area contributed by atoms with Gasteiger partial charge in [0.25, 0.3) is 0 Å². The number of amides is 2. The van der Waals surface area contributed by atoms with Crippen molar-refractivity contribution in [1.29, 1.82) is 0 Å². The van der Waals surface area contributed by atoms with Crippen LogP contribution in [0.1, 0.15) is 18.2 Å². The Balaban J connectivity index is 1.60. The Morgan fingerprint density at radius 3 is 2.00 bits per heavy atom. The first kappa shape index (κ1) is 20.1. The number of nitrogens with zero attached hydrogens (tertiary/aromatic N) is 3. The third-order valence-electron chi connectivity index (χ3n) is 4.32. The second-order valence-corrected chi connectivity index (χ2v) is 6.92. The molecule has 3 rings (SSSR count). The average molecular weight is 390 g/mol. The van der Waals surface area contributed by atoms with E-state index in [0.717, 1.165) is 29.3 Å². The Kier molecular flexibility index (Phi) is 6.29. The van der Waals surface area contributed by atoms with Crippen LogP contribution in [0.4, 0.5) is 33.6 Å². The largest absolute Gasteiger partial charge is 0.363 e. The summed E-state index contributed by atoms with van der Waals surface area (Å²) in [5, 5.41) is 8.85. The molecule has 3 aromatic rings. The third kappa shape index (κ3) is 5.68. The van der Waals surface area contributed by atoms with Gasteiger partial charge in [0.05, 0.1) is 0 Å². The van der Waals surface area contributed by atoms with Crippen molar-refractivity contribution in [3.63, 3.8) is 0 Å². The van der Waals surface area contributed by atoms with Crippen LogP contribution in [0.3, 0.4) is 0 Å². The van der Waals surface area contributed by atoms with Crippen molar-refractivity contribution < 1.29 is 4.79 Å². The van der Waals surface area contributed by atoms with Crippen LogP contribution in [0, 0.1) is 6.92 Å². The number of carbonyl (C=O) groups is 1. The monoisotopic (exact) mass is 390 g/mol. The number of hydrogen-bond acceptors (Lipinski definition) is 5. The molecule has 0 bridgehead atoms. The summed E-state index contributed by atoms with van der Waals surface area (Å²) in [5.41, 5.74) is 4.40. The summed E-state index contributed by atoms with van der Waals surface area (Å²) in [5.74, 6) is 1.37. The number of anilines is 5. The molecule has 7 heteroatoms. The molecule has 0 fully saturated rings. The smallest absolute Gasteiger partial charge is 0.323 e. The van der Waals surface area contributed by atoms with Crippen LogP contribution in [0.25, 0.3) is 0 Å². The second kappa shape index (κ2) is 9.05. The molecule has 3 N–H and O–H groups in total. The van der Waals surface area contributed by atoms with Gasteiger partial charge in [-0.15, -0.1) is 0 Å². The van der Waals surface area contributed by atoms with Crippen molar-refractivity contribution in [2.24, 2.45) is 0 Å². The summed E-state index contributed by atoms with van der Waals surface area (Å²) >= 11 is 0. The predicted octanol–water partition coefficient (Wildman–Crippen LogP) is 4.80. The van der Waals surface area contributed by atoms with Gasteiger partial charge < -0.3 is 20.9 Å². The summed E-state index contributed by atoms with van der Waals surface area (Å²) in [7, 11) is 3.88. The van der Waals surface area contributed by atoms with Gasteiger partial charge in [-0.2, -0.15) is 4.98 Å². The summed E-state index contributed by atoms with van der Waals surface area (Å²) < 4.78 is 0. The maximum Gasteiger partial charge on any atom is 0.323 e. The molecule has 0 radical (unpaired) electrons. The Morgan fingerprint density at radius 1 is 0.897 bits per heavy atom. The topological polar surface area (TPSA) is 82.2 Å². The fourth-order valence-electron chi connectivity index (χ4n) is 2.72. The van der Waals surface area contributed by atoms with Gasteiger partial charge in [-0.1, -0.05) is 19.1 Å². The molecule has 150 valence electrons. The molecule has 0 atom stereocenters. The Bertz CT molecular complexity index is 968. The van der Waals surface area contributed by atoms with Crippen LogP contribution in [0.15, 0.2) is 54.6 Å². The normalized spacial score (nSPS) is 10.3. The molecule has 0 unspecified atom stereocenters. The average Bonchev–Trinajstić information content (AvgIpc) is 2.69. The van der Waals surface area contributed by atoms with Gasteiger partial charge in [0.2, 0.25) is 5.95 Å². The summed E-state index contributed by atoms with van der Waals surface area (Å²) in [6, 6.07) is 16.8. The zero-order chi connectivity index (χ0) is 20.8. The predicted molar refractivity (Wildman–Crippen MR) is 119 cm³/mol. The van der Waals surface area contributed by atoms with Crippen molar-refractivity contribution in [2.45, 2.75) is 20.3 Å². The van der Waals surface area contributed by atoms with E-state index in [2.05, 4.69) is 32.8 Å². The van der Waals surface area contributed by atoms with Gasteiger partial charge in [0.1, 0.15) is 5.82 Å². The highest BCUT2D eigenvalue weighted by molar-refractivity contribution is 5.99. The molecular formula is C22H26N6O. The minimum absolute atomic E-state index is 0.285. The fourth-order valence-corrected chi connectivity index (χ4v) is 2.72. The summed E-state index contributed by atoms with van der Waals surface area (Å²) in [6.07, 6.45) is 0.969. The van der Waals surface area contributed by atoms with Gasteiger partial charge >= 0.3 is 6.03 Å². The number of aryl methyl sites for hydroxylation is 2. The molecular weight excluding hydrogens is 364 g/mol. The lowest BCUT2D eigenvalue weighted by molar-refractivity contribution is 0.262. The molecule has 7 nitrogen and oxygen atoms in total. The highest BCUT2D eigenvalue weighted by Crippen LogP contribution is 2.19. The minimum atomic E-state index is -0.285. The van der Waals surface area contributed by atoms with E-state index in [1.807, 2.05) is 80.5 Å². The Labute approximate surface area is 171 Å². The zero-order valence-corrected chi connectivity index (χ0v) is 17.2. The van der Waals surface area contributed by atoms with E-state index in [-0.39, 0.29) is 6.03 Å². The highest BCUT2D eigenvalue weighted by Gasteiger charge is 2.06. The Hall–Kier alpha value is -3.61. The summed E-state index contributed by atoms with van der Waals surface area (Å²) in [4.78, 5) is 23.0. The molecule has 0 saturated carbocycles. The standard InChI is InChI=1S/C22H26N6O/c1-5-16-6-8-18(9-7-16)25-22(29)26-19-12-10-17(11-13-19)24-21-23-15(2)14-20(27-21)28(3)4/h6-14H,5H2,1-4H3,(H,23,24,27)(H2,25,26,29). The molecule has 1 heterocycles. The summed E-state index contributed by atoms with van der Waals surface area (Å²) in [6.45, 7) is 4.03. The maximum absolute atomic E-state index is 12.2. The van der Waals surface area contributed by atoms with Crippen LogP contribution in [0.2, 0.25) is 0 Å². The van der Waals surface area contributed by atoms with E-state index in [1.165, 1.54) is 5.56 Å². The zero-order valence-electron chi connectivity index (χ0n) is 17.2. The fraction of sp³-hybridized carbons (Fsp3) is 0.227. The van der Waals surface area contributed by atoms with Crippen molar-refractivity contribution in [3.05, 3.63) is 65.9 Å². The number of carbonyl (C=O) groups excluding carboxylic acids is 1. The highest BCUT2D eigenvalue weighted by atomic mass is 16.2. The molecule has 1 aromatic heterocycles. The number of urea groups is 1. The van der Waals surface area contributed by atoms with Gasteiger partial charge in [-0.05, 0) is 55.3 Å². The lowest BCUT2D eigenvalue weighted by Gasteiger charge is -2.14. The van der Waals surface area contributed by atoms with E-state index in [0.29, 0.717) is 11.6 Å². The lowest BCUT2D eigenvalue weighted by atomic mass is 10.1. The van der Waals surface area contributed by atoms with E-state index in [9.17, 15) is 4.79 Å². The quantitative estimate of drug-likeness (QED) is 0.563. The molecule has 2 amide bonds. The van der Waals surface area contributed by atoms with E-state index in [1.54, 1.807) is 0 Å². The maximum atomic E-state index is 12.2. The van der Waals surface area contributed by atoms with Gasteiger partial charge in [-0.3, -0.25) is 0 Å². The van der Waals surface area contributed by atoms with Crippen LogP contribution in [-0.2, 0) is 6.42 Å². The van der Waals surface area contributed by atoms with Crippen molar-refractivity contribution in [2.75, 3.05) is 34.9 Å². The molecule has 0 saturated heterocycles. The molecule has 2 aromatic carbocycles. The van der Waals surface area contributed by atoms with Crippen LogP contribution >= 0.6 is 0 Å². The van der Waals surface area contributed by atoms with E-state index < -0.39 is 0 Å². The number of nitrogens with one attached hydrogen (secondary N) is 3. The lowest BCUT2D eigenvalue weighted by Crippen LogP contribution is -2.19. The van der Waals surface area contributed by atoms with E-state index in [4.69, 9.17) is 0 Å². The molecule has 0 spiro atoms. The minimum Gasteiger partial charge on any atom is -0.363 e. The SMILES string of the molecule is CCc1ccc(NC(=O)Nc2ccc(Nc3nc(C)cc(N(C)C)n3)cc2)cc1. The molecule has 0 aliphatic heterocycles. The first-order valence-corrected chi connectivity index (χ1v) is 9.50. The number of rotatable bonds is 6. The van der Waals surface area contributed by atoms with Crippen molar-refractivity contribution >= 4 is 34.9 Å². The first-order valence-electron chi connectivity index (χ1n) is 9.50. The second-order valence-electron chi connectivity index (χ2n) is 6.92. The number of benzene rings is 2.